The largest absolute Gasteiger partial charge is 0.497 e. The SMILES string of the molecule is COc1ccc(OC)c(C2CC(=O)Nc3c2ncn3-c2cccc(Cl)c2)c1. The summed E-state index contributed by atoms with van der Waals surface area (Å²) < 4.78 is 12.7. The van der Waals surface area contributed by atoms with Crippen molar-refractivity contribution in [1.29, 1.82) is 0 Å². The van der Waals surface area contributed by atoms with Crippen molar-refractivity contribution in [3.63, 3.8) is 0 Å². The van der Waals surface area contributed by atoms with Gasteiger partial charge in [-0.25, -0.2) is 4.98 Å². The molecule has 4 rings (SSSR count). The standard InChI is InChI=1S/C20H18ClN3O3/c1-26-14-6-7-17(27-2)15(9-14)16-10-18(25)23-20-19(16)22-11-24(20)13-5-3-4-12(21)8-13/h3-9,11,16H,10H2,1-2H3,(H,23,25). The number of nitrogens with zero attached hydrogens (tertiary/aromatic N) is 2. The first-order valence-electron chi connectivity index (χ1n) is 8.45. The number of amides is 1. The van der Waals surface area contributed by atoms with E-state index < -0.39 is 0 Å². The molecule has 6 nitrogen and oxygen atoms in total. The maximum atomic E-state index is 12.5. The average Bonchev–Trinajstić information content (AvgIpc) is 3.10. The van der Waals surface area contributed by atoms with Gasteiger partial charge in [0.1, 0.15) is 23.6 Å². The van der Waals surface area contributed by atoms with Gasteiger partial charge in [0.2, 0.25) is 5.91 Å². The van der Waals surface area contributed by atoms with Crippen LogP contribution in [0.4, 0.5) is 5.82 Å². The Morgan fingerprint density at radius 3 is 2.78 bits per heavy atom. The third kappa shape index (κ3) is 3.13. The molecular weight excluding hydrogens is 366 g/mol. The van der Waals surface area contributed by atoms with Gasteiger partial charge in [0.05, 0.1) is 19.9 Å². The lowest BCUT2D eigenvalue weighted by Gasteiger charge is -2.25. The average molecular weight is 384 g/mol. The molecule has 1 aromatic heterocycles. The lowest BCUT2D eigenvalue weighted by molar-refractivity contribution is -0.116. The summed E-state index contributed by atoms with van der Waals surface area (Å²) >= 11 is 6.12. The van der Waals surface area contributed by atoms with Gasteiger partial charge >= 0.3 is 0 Å². The summed E-state index contributed by atoms with van der Waals surface area (Å²) in [6, 6.07) is 13.0. The molecule has 2 heterocycles. The Hall–Kier alpha value is -2.99. The molecule has 1 atom stereocenters. The lowest BCUT2D eigenvalue weighted by Crippen LogP contribution is -2.25. The Bertz CT molecular complexity index is 1020. The van der Waals surface area contributed by atoms with Gasteiger partial charge in [-0.1, -0.05) is 17.7 Å². The number of imidazole rings is 1. The number of benzene rings is 2. The van der Waals surface area contributed by atoms with Gasteiger partial charge in [0.25, 0.3) is 0 Å². The van der Waals surface area contributed by atoms with Crippen LogP contribution < -0.4 is 14.8 Å². The number of halogens is 1. The van der Waals surface area contributed by atoms with E-state index in [1.54, 1.807) is 26.6 Å². The molecule has 1 aliphatic heterocycles. The van der Waals surface area contributed by atoms with E-state index in [1.165, 1.54) is 0 Å². The van der Waals surface area contributed by atoms with E-state index in [4.69, 9.17) is 21.1 Å². The van der Waals surface area contributed by atoms with E-state index in [0.29, 0.717) is 22.3 Å². The summed E-state index contributed by atoms with van der Waals surface area (Å²) in [5.74, 6) is 1.72. The fraction of sp³-hybridized carbons (Fsp3) is 0.200. The van der Waals surface area contributed by atoms with E-state index in [-0.39, 0.29) is 18.2 Å². The molecule has 0 saturated carbocycles. The second-order valence-corrected chi connectivity index (χ2v) is 6.68. The Morgan fingerprint density at radius 2 is 2.04 bits per heavy atom. The minimum Gasteiger partial charge on any atom is -0.497 e. The van der Waals surface area contributed by atoms with Crippen LogP contribution in [0.25, 0.3) is 5.69 Å². The highest BCUT2D eigenvalue weighted by Crippen LogP contribution is 2.42. The predicted octanol–water partition coefficient (Wildman–Crippen LogP) is 4.02. The molecule has 1 amide bonds. The maximum Gasteiger partial charge on any atom is 0.226 e. The van der Waals surface area contributed by atoms with Crippen LogP contribution in [0.1, 0.15) is 23.6 Å². The van der Waals surface area contributed by atoms with Crippen molar-refractivity contribution in [1.82, 2.24) is 9.55 Å². The second kappa shape index (κ2) is 6.96. The zero-order valence-corrected chi connectivity index (χ0v) is 15.7. The lowest BCUT2D eigenvalue weighted by atomic mass is 9.89. The van der Waals surface area contributed by atoms with Crippen molar-refractivity contribution in [2.75, 3.05) is 19.5 Å². The molecule has 1 unspecified atom stereocenters. The first kappa shape index (κ1) is 17.4. The number of rotatable bonds is 4. The molecule has 0 saturated heterocycles. The number of methoxy groups -OCH3 is 2. The molecule has 0 aliphatic carbocycles. The Balaban J connectivity index is 1.85. The molecule has 7 heteroatoms. The van der Waals surface area contributed by atoms with Crippen LogP contribution in [-0.2, 0) is 4.79 Å². The van der Waals surface area contributed by atoms with Gasteiger partial charge in [0, 0.05) is 28.6 Å². The topological polar surface area (TPSA) is 65.4 Å². The molecule has 1 aliphatic rings. The zero-order chi connectivity index (χ0) is 19.0. The first-order chi connectivity index (χ1) is 13.1. The highest BCUT2D eigenvalue weighted by Gasteiger charge is 2.33. The third-order valence-corrected chi connectivity index (χ3v) is 4.91. The summed E-state index contributed by atoms with van der Waals surface area (Å²) in [6.07, 6.45) is 1.98. The van der Waals surface area contributed by atoms with E-state index in [2.05, 4.69) is 10.3 Å². The Kier molecular flexibility index (Phi) is 4.49. The number of anilines is 1. The number of hydrogen-bond acceptors (Lipinski definition) is 4. The van der Waals surface area contributed by atoms with Crippen LogP contribution >= 0.6 is 11.6 Å². The van der Waals surface area contributed by atoms with Crippen LogP contribution in [0.5, 0.6) is 11.5 Å². The zero-order valence-electron chi connectivity index (χ0n) is 14.9. The fourth-order valence-corrected chi connectivity index (χ4v) is 3.58. The van der Waals surface area contributed by atoms with Gasteiger partial charge in [-0.05, 0) is 36.4 Å². The second-order valence-electron chi connectivity index (χ2n) is 6.24. The summed E-state index contributed by atoms with van der Waals surface area (Å²) in [5.41, 5.74) is 2.47. The van der Waals surface area contributed by atoms with E-state index in [1.807, 2.05) is 41.0 Å². The molecule has 1 N–H and O–H groups in total. The minimum absolute atomic E-state index is 0.0823. The van der Waals surface area contributed by atoms with E-state index in [9.17, 15) is 4.79 Å². The molecule has 0 fully saturated rings. The summed E-state index contributed by atoms with van der Waals surface area (Å²) in [5, 5.41) is 3.55. The number of fused-ring (bicyclic) bond motifs is 1. The molecule has 0 radical (unpaired) electrons. The van der Waals surface area contributed by atoms with Crippen molar-refractivity contribution >= 4 is 23.3 Å². The maximum absolute atomic E-state index is 12.5. The van der Waals surface area contributed by atoms with E-state index >= 15 is 0 Å². The quantitative estimate of drug-likeness (QED) is 0.739. The van der Waals surface area contributed by atoms with Crippen molar-refractivity contribution in [2.45, 2.75) is 12.3 Å². The Labute approximate surface area is 161 Å². The highest BCUT2D eigenvalue weighted by atomic mass is 35.5. The van der Waals surface area contributed by atoms with Crippen LogP contribution in [0.2, 0.25) is 5.02 Å². The molecule has 27 heavy (non-hydrogen) atoms. The van der Waals surface area contributed by atoms with Gasteiger partial charge in [0.15, 0.2) is 0 Å². The predicted molar refractivity (Wildman–Crippen MR) is 103 cm³/mol. The summed E-state index contributed by atoms with van der Waals surface area (Å²) in [7, 11) is 3.22. The smallest absolute Gasteiger partial charge is 0.226 e. The monoisotopic (exact) mass is 383 g/mol. The number of carbonyl (C=O) groups excluding carboxylic acids is 1. The minimum atomic E-state index is -0.237. The first-order valence-corrected chi connectivity index (χ1v) is 8.83. The fourth-order valence-electron chi connectivity index (χ4n) is 3.40. The number of aromatic nitrogens is 2. The van der Waals surface area contributed by atoms with Gasteiger partial charge < -0.3 is 14.8 Å². The van der Waals surface area contributed by atoms with Crippen molar-refractivity contribution < 1.29 is 14.3 Å². The normalized spacial score (nSPS) is 15.8. The van der Waals surface area contributed by atoms with Crippen molar-refractivity contribution in [2.24, 2.45) is 0 Å². The number of nitrogens with one attached hydrogen (secondary N) is 1. The van der Waals surface area contributed by atoms with Gasteiger partial charge in [-0.15, -0.1) is 0 Å². The van der Waals surface area contributed by atoms with E-state index in [0.717, 1.165) is 16.9 Å². The van der Waals surface area contributed by atoms with Crippen LogP contribution in [-0.4, -0.2) is 29.7 Å². The third-order valence-electron chi connectivity index (χ3n) is 4.67. The van der Waals surface area contributed by atoms with Crippen molar-refractivity contribution in [3.05, 3.63) is 65.1 Å². The number of ether oxygens (including phenoxy) is 2. The molecule has 0 bridgehead atoms. The number of hydrogen-bond donors (Lipinski definition) is 1. The highest BCUT2D eigenvalue weighted by molar-refractivity contribution is 6.30. The molecule has 0 spiro atoms. The van der Waals surface area contributed by atoms with Gasteiger partial charge in [-0.2, -0.15) is 0 Å². The summed E-state index contributed by atoms with van der Waals surface area (Å²) in [4.78, 5) is 17.1. The van der Waals surface area contributed by atoms with Gasteiger partial charge in [-0.3, -0.25) is 9.36 Å². The van der Waals surface area contributed by atoms with Crippen LogP contribution in [0, 0.1) is 0 Å². The molecule has 2 aromatic carbocycles. The van der Waals surface area contributed by atoms with Crippen LogP contribution in [0.3, 0.4) is 0 Å². The molecule has 138 valence electrons. The molecular formula is C20H18ClN3O3. The number of carbonyl (C=O) groups is 1. The Morgan fingerprint density at radius 1 is 1.19 bits per heavy atom. The van der Waals surface area contributed by atoms with Crippen molar-refractivity contribution in [3.8, 4) is 17.2 Å². The molecule has 3 aromatic rings. The summed E-state index contributed by atoms with van der Waals surface area (Å²) in [6.45, 7) is 0. The van der Waals surface area contributed by atoms with Crippen LogP contribution in [0.15, 0.2) is 48.8 Å².